The topological polar surface area (TPSA) is 103 Å². The molecule has 0 radical (unpaired) electrons. The van der Waals surface area contributed by atoms with Crippen LogP contribution in [0.4, 0.5) is 0 Å². The van der Waals surface area contributed by atoms with Gasteiger partial charge in [0.25, 0.3) is 11.8 Å². The molecule has 2 aromatic rings. The molecule has 2 amide bonds. The van der Waals surface area contributed by atoms with Crippen molar-refractivity contribution in [3.63, 3.8) is 0 Å². The van der Waals surface area contributed by atoms with Gasteiger partial charge in [-0.05, 0) is 30.3 Å². The average Bonchev–Trinajstić information content (AvgIpc) is 2.70. The van der Waals surface area contributed by atoms with Crippen LogP contribution in [0.5, 0.6) is 17.2 Å². The number of methoxy groups -OCH3 is 2. The highest BCUT2D eigenvalue weighted by Gasteiger charge is 2.11. The highest BCUT2D eigenvalue weighted by atomic mass is 16.5. The Bertz CT molecular complexity index is 843. The fraction of sp³-hybridized carbons (Fsp3) is 0.250. The molecule has 0 aliphatic rings. The molecule has 8 heteroatoms. The van der Waals surface area contributed by atoms with E-state index in [0.29, 0.717) is 28.4 Å². The summed E-state index contributed by atoms with van der Waals surface area (Å²) < 4.78 is 15.2. The van der Waals surface area contributed by atoms with Crippen LogP contribution in [-0.2, 0) is 4.79 Å². The normalized spacial score (nSPS) is 9.96. The van der Waals surface area contributed by atoms with Crippen LogP contribution >= 0.6 is 0 Å². The molecule has 0 unspecified atom stereocenters. The molecule has 2 N–H and O–H groups in total. The van der Waals surface area contributed by atoms with Crippen LogP contribution in [0.1, 0.15) is 27.6 Å². The molecule has 0 aromatic heterocycles. The van der Waals surface area contributed by atoms with Crippen molar-refractivity contribution in [1.82, 2.24) is 10.6 Å². The number of nitrogens with one attached hydrogen (secondary N) is 2. The second-order valence-corrected chi connectivity index (χ2v) is 5.73. The van der Waals surface area contributed by atoms with Crippen LogP contribution in [0.3, 0.4) is 0 Å². The van der Waals surface area contributed by atoms with E-state index in [4.69, 9.17) is 14.2 Å². The van der Waals surface area contributed by atoms with Crippen molar-refractivity contribution < 1.29 is 28.6 Å². The van der Waals surface area contributed by atoms with E-state index in [1.165, 1.54) is 27.2 Å². The van der Waals surface area contributed by atoms with Gasteiger partial charge in [-0.15, -0.1) is 0 Å². The van der Waals surface area contributed by atoms with Crippen molar-refractivity contribution in [2.75, 3.05) is 27.3 Å². The minimum Gasteiger partial charge on any atom is -0.497 e. The highest BCUT2D eigenvalue weighted by molar-refractivity contribution is 5.96. The fourth-order valence-electron chi connectivity index (χ4n) is 2.36. The van der Waals surface area contributed by atoms with Crippen LogP contribution in [0.2, 0.25) is 0 Å². The molecule has 0 saturated heterocycles. The number of rotatable bonds is 8. The van der Waals surface area contributed by atoms with Gasteiger partial charge >= 0.3 is 5.97 Å². The third-order valence-electron chi connectivity index (χ3n) is 3.67. The second-order valence-electron chi connectivity index (χ2n) is 5.73. The van der Waals surface area contributed by atoms with Gasteiger partial charge in [-0.1, -0.05) is 6.07 Å². The van der Waals surface area contributed by atoms with Gasteiger partial charge in [-0.25, -0.2) is 0 Å². The number of carbonyl (C=O) groups is 3. The zero-order valence-electron chi connectivity index (χ0n) is 15.9. The Hall–Kier alpha value is -3.55. The van der Waals surface area contributed by atoms with Crippen molar-refractivity contribution in [1.29, 1.82) is 0 Å². The molecule has 0 spiro atoms. The first-order valence-corrected chi connectivity index (χ1v) is 8.51. The molecule has 0 aliphatic heterocycles. The molecule has 0 atom stereocenters. The summed E-state index contributed by atoms with van der Waals surface area (Å²) in [6.45, 7) is 1.74. The molecule has 0 fully saturated rings. The molecule has 0 bridgehead atoms. The Morgan fingerprint density at radius 1 is 0.786 bits per heavy atom. The predicted molar refractivity (Wildman–Crippen MR) is 102 cm³/mol. The molecule has 2 rings (SSSR count). The first-order valence-electron chi connectivity index (χ1n) is 8.51. The molecular formula is C20H22N2O6. The number of hydrogen-bond donors (Lipinski definition) is 2. The summed E-state index contributed by atoms with van der Waals surface area (Å²) in [4.78, 5) is 35.4. The summed E-state index contributed by atoms with van der Waals surface area (Å²) >= 11 is 0. The van der Waals surface area contributed by atoms with Crippen molar-refractivity contribution in [2.45, 2.75) is 6.92 Å². The Kier molecular flexibility index (Phi) is 7.38. The van der Waals surface area contributed by atoms with Crippen LogP contribution in [0.15, 0.2) is 42.5 Å². The molecule has 148 valence electrons. The fourth-order valence-corrected chi connectivity index (χ4v) is 2.36. The van der Waals surface area contributed by atoms with Gasteiger partial charge < -0.3 is 24.8 Å². The maximum Gasteiger partial charge on any atom is 0.308 e. The molecule has 0 aliphatic carbocycles. The second kappa shape index (κ2) is 9.96. The minimum absolute atomic E-state index is 0.226. The Morgan fingerprint density at radius 2 is 1.32 bits per heavy atom. The zero-order chi connectivity index (χ0) is 20.5. The number of ether oxygens (including phenoxy) is 3. The molecule has 28 heavy (non-hydrogen) atoms. The van der Waals surface area contributed by atoms with Gasteiger partial charge in [0.15, 0.2) is 0 Å². The van der Waals surface area contributed by atoms with E-state index in [0.717, 1.165) is 0 Å². The highest BCUT2D eigenvalue weighted by Crippen LogP contribution is 2.22. The van der Waals surface area contributed by atoms with Crippen molar-refractivity contribution >= 4 is 17.8 Å². The first kappa shape index (κ1) is 20.8. The van der Waals surface area contributed by atoms with E-state index in [1.807, 2.05) is 0 Å². The third kappa shape index (κ3) is 6.01. The summed E-state index contributed by atoms with van der Waals surface area (Å²) in [7, 11) is 3.00. The number of amides is 2. The lowest BCUT2D eigenvalue weighted by Crippen LogP contribution is -2.34. The lowest BCUT2D eigenvalue weighted by molar-refractivity contribution is -0.131. The largest absolute Gasteiger partial charge is 0.497 e. The lowest BCUT2D eigenvalue weighted by Gasteiger charge is -2.10. The summed E-state index contributed by atoms with van der Waals surface area (Å²) in [5.41, 5.74) is 0.735. The number of carbonyl (C=O) groups excluding carboxylic acids is 3. The molecular weight excluding hydrogens is 364 g/mol. The SMILES string of the molecule is COc1cc(OC)cc(C(=O)NCCNC(=O)c2cccc(OC(C)=O)c2)c1. The summed E-state index contributed by atoms with van der Waals surface area (Å²) in [6, 6.07) is 11.1. The van der Waals surface area contributed by atoms with Crippen LogP contribution < -0.4 is 24.8 Å². The van der Waals surface area contributed by atoms with Crippen LogP contribution in [-0.4, -0.2) is 45.1 Å². The van der Waals surface area contributed by atoms with E-state index in [2.05, 4.69) is 10.6 Å². The Balaban J connectivity index is 1.86. The van der Waals surface area contributed by atoms with Gasteiger partial charge in [-0.3, -0.25) is 14.4 Å². The van der Waals surface area contributed by atoms with Crippen LogP contribution in [0.25, 0.3) is 0 Å². The van der Waals surface area contributed by atoms with Crippen molar-refractivity contribution in [3.05, 3.63) is 53.6 Å². The van der Waals surface area contributed by atoms with Gasteiger partial charge in [0.2, 0.25) is 0 Å². The van der Waals surface area contributed by atoms with Gasteiger partial charge in [-0.2, -0.15) is 0 Å². The first-order chi connectivity index (χ1) is 13.4. The number of esters is 1. The van der Waals surface area contributed by atoms with E-state index in [-0.39, 0.29) is 24.9 Å². The van der Waals surface area contributed by atoms with Gasteiger partial charge in [0.05, 0.1) is 14.2 Å². The van der Waals surface area contributed by atoms with E-state index in [9.17, 15) is 14.4 Å². The average molecular weight is 386 g/mol. The van der Waals surface area contributed by atoms with Crippen molar-refractivity contribution in [3.8, 4) is 17.2 Å². The van der Waals surface area contributed by atoms with E-state index in [1.54, 1.807) is 36.4 Å². The smallest absolute Gasteiger partial charge is 0.308 e. The van der Waals surface area contributed by atoms with Gasteiger partial charge in [0.1, 0.15) is 17.2 Å². The monoisotopic (exact) mass is 386 g/mol. The maximum atomic E-state index is 12.3. The standard InChI is InChI=1S/C20H22N2O6/c1-13(23)28-16-6-4-5-14(9-16)19(24)21-7-8-22-20(25)15-10-17(26-2)12-18(11-15)27-3/h4-6,9-12H,7-8H2,1-3H3,(H,21,24)(H,22,25). The van der Waals surface area contributed by atoms with E-state index < -0.39 is 5.97 Å². The quantitative estimate of drug-likeness (QED) is 0.407. The Morgan fingerprint density at radius 3 is 1.86 bits per heavy atom. The van der Waals surface area contributed by atoms with Gasteiger partial charge in [0, 0.05) is 37.2 Å². The summed E-state index contributed by atoms with van der Waals surface area (Å²) in [6.07, 6.45) is 0. The minimum atomic E-state index is -0.463. The van der Waals surface area contributed by atoms with E-state index >= 15 is 0 Å². The van der Waals surface area contributed by atoms with Crippen LogP contribution in [0, 0.1) is 0 Å². The summed E-state index contributed by atoms with van der Waals surface area (Å²) in [5, 5.41) is 5.40. The molecule has 0 saturated carbocycles. The molecule has 0 heterocycles. The van der Waals surface area contributed by atoms with Crippen molar-refractivity contribution in [2.24, 2.45) is 0 Å². The molecule has 8 nitrogen and oxygen atoms in total. The molecule has 2 aromatic carbocycles. The number of benzene rings is 2. The maximum absolute atomic E-state index is 12.3. The Labute approximate surface area is 162 Å². The number of hydrogen-bond acceptors (Lipinski definition) is 6. The summed E-state index contributed by atoms with van der Waals surface area (Å²) in [5.74, 6) is 0.181. The third-order valence-corrected chi connectivity index (χ3v) is 3.67. The lowest BCUT2D eigenvalue weighted by atomic mass is 10.2. The predicted octanol–water partition coefficient (Wildman–Crippen LogP) is 1.79. The zero-order valence-corrected chi connectivity index (χ0v) is 15.9.